The molecule has 3 aliphatic heterocycles. The van der Waals surface area contributed by atoms with Crippen molar-refractivity contribution in [2.24, 2.45) is 0 Å². The zero-order valence-electron chi connectivity index (χ0n) is 36.4. The van der Waals surface area contributed by atoms with E-state index in [9.17, 15) is 0 Å². The Morgan fingerprint density at radius 3 is 1.79 bits per heavy atom. The molecule has 314 valence electrons. The average Bonchev–Trinajstić information content (AvgIpc) is 3.31. The molecule has 1 unspecified atom stereocenters. The fourth-order valence-corrected chi connectivity index (χ4v) is 9.58. The topological polar surface area (TPSA) is 49.4 Å². The highest BCUT2D eigenvalue weighted by Gasteiger charge is 2.40. The first-order valence-corrected chi connectivity index (χ1v) is 22.6. The highest BCUT2D eigenvalue weighted by Crippen LogP contribution is 2.50. The Hall–Kier alpha value is -5.88. The third kappa shape index (κ3) is 8.05. The van der Waals surface area contributed by atoms with Gasteiger partial charge >= 0.3 is 0 Å². The van der Waals surface area contributed by atoms with E-state index < -0.39 is 5.60 Å². The SMILES string of the molecule is CCCCCCOc1ccc(-c2ccc(-c3cc4c(c5cc(OC)c(OC)cc35)C=CC(c3ccc(OCCCC)cc3)(c3cc5c6c(c3)CCCN6CCC5)O4)cc2)cc1. The second-order valence-electron chi connectivity index (χ2n) is 16.8. The highest BCUT2D eigenvalue weighted by molar-refractivity contribution is 6.05. The Morgan fingerprint density at radius 1 is 0.590 bits per heavy atom. The molecule has 0 fully saturated rings. The van der Waals surface area contributed by atoms with Crippen molar-refractivity contribution in [3.8, 4) is 51.0 Å². The van der Waals surface area contributed by atoms with E-state index >= 15 is 0 Å². The van der Waals surface area contributed by atoms with E-state index in [0.29, 0.717) is 18.1 Å². The van der Waals surface area contributed by atoms with E-state index in [1.54, 1.807) is 14.2 Å². The summed E-state index contributed by atoms with van der Waals surface area (Å²) in [6.07, 6.45) is 15.9. The summed E-state index contributed by atoms with van der Waals surface area (Å²) in [4.78, 5) is 2.61. The van der Waals surface area contributed by atoms with Gasteiger partial charge in [0.05, 0.1) is 27.4 Å². The molecule has 0 aliphatic carbocycles. The number of anilines is 1. The summed E-state index contributed by atoms with van der Waals surface area (Å²) in [6.45, 7) is 8.17. The van der Waals surface area contributed by atoms with Crippen molar-refractivity contribution in [3.63, 3.8) is 0 Å². The maximum atomic E-state index is 7.59. The molecule has 1 atom stereocenters. The normalized spacial score (nSPS) is 16.4. The molecule has 0 saturated heterocycles. The van der Waals surface area contributed by atoms with Crippen LogP contribution in [0.3, 0.4) is 0 Å². The van der Waals surface area contributed by atoms with Crippen LogP contribution in [0.4, 0.5) is 5.69 Å². The number of aryl methyl sites for hydroxylation is 2. The van der Waals surface area contributed by atoms with Crippen LogP contribution in [0.2, 0.25) is 0 Å². The molecule has 0 saturated carbocycles. The summed E-state index contributed by atoms with van der Waals surface area (Å²) in [7, 11) is 3.39. The maximum absolute atomic E-state index is 7.59. The Morgan fingerprint density at radius 2 is 1.16 bits per heavy atom. The Balaban J connectivity index is 1.13. The van der Waals surface area contributed by atoms with Crippen LogP contribution >= 0.6 is 0 Å². The van der Waals surface area contributed by atoms with Gasteiger partial charge in [0.15, 0.2) is 17.1 Å². The molecule has 3 aliphatic rings. The van der Waals surface area contributed by atoms with Crippen LogP contribution in [-0.2, 0) is 18.4 Å². The van der Waals surface area contributed by atoms with Crippen molar-refractivity contribution in [2.75, 3.05) is 45.4 Å². The zero-order valence-corrected chi connectivity index (χ0v) is 36.4. The number of methoxy groups -OCH3 is 2. The van der Waals surface area contributed by atoms with Gasteiger partial charge in [-0.15, -0.1) is 0 Å². The lowest BCUT2D eigenvalue weighted by Gasteiger charge is -2.41. The van der Waals surface area contributed by atoms with E-state index in [2.05, 4.69) is 134 Å². The molecule has 6 nitrogen and oxygen atoms in total. The van der Waals surface area contributed by atoms with Gasteiger partial charge in [0.1, 0.15) is 17.2 Å². The zero-order chi connectivity index (χ0) is 41.8. The Labute approximate surface area is 362 Å². The van der Waals surface area contributed by atoms with Crippen LogP contribution in [0.25, 0.3) is 39.1 Å². The second-order valence-corrected chi connectivity index (χ2v) is 16.8. The largest absolute Gasteiger partial charge is 0.494 e. The number of unbranched alkanes of at least 4 members (excludes halogenated alkanes) is 4. The molecule has 6 aromatic rings. The summed E-state index contributed by atoms with van der Waals surface area (Å²) in [5, 5.41) is 2.11. The molecule has 0 spiro atoms. The lowest BCUT2D eigenvalue weighted by molar-refractivity contribution is 0.161. The van der Waals surface area contributed by atoms with Crippen LogP contribution in [0.1, 0.15) is 93.0 Å². The van der Waals surface area contributed by atoms with Gasteiger partial charge in [-0.05, 0) is 149 Å². The second kappa shape index (κ2) is 18.0. The summed E-state index contributed by atoms with van der Waals surface area (Å²) in [5.74, 6) is 3.99. The van der Waals surface area contributed by atoms with Gasteiger partial charge in [0, 0.05) is 35.5 Å². The summed E-state index contributed by atoms with van der Waals surface area (Å²) < 4.78 is 31.5. The lowest BCUT2D eigenvalue weighted by Crippen LogP contribution is -2.37. The van der Waals surface area contributed by atoms with Crippen LogP contribution in [0.15, 0.2) is 109 Å². The number of ether oxygens (including phenoxy) is 5. The minimum absolute atomic E-state index is 0.681. The van der Waals surface area contributed by atoms with Gasteiger partial charge < -0.3 is 28.6 Å². The van der Waals surface area contributed by atoms with Gasteiger partial charge in [-0.3, -0.25) is 0 Å². The molecule has 0 N–H and O–H groups in total. The number of hydrogen-bond donors (Lipinski definition) is 0. The van der Waals surface area contributed by atoms with Crippen LogP contribution in [0, 0.1) is 0 Å². The van der Waals surface area contributed by atoms with Crippen LogP contribution in [0.5, 0.6) is 28.7 Å². The predicted molar refractivity (Wildman–Crippen MR) is 250 cm³/mol. The van der Waals surface area contributed by atoms with Crippen molar-refractivity contribution in [2.45, 2.75) is 83.7 Å². The predicted octanol–water partition coefficient (Wildman–Crippen LogP) is 13.4. The third-order valence-corrected chi connectivity index (χ3v) is 12.9. The van der Waals surface area contributed by atoms with Crippen molar-refractivity contribution in [1.82, 2.24) is 0 Å². The Bertz CT molecular complexity index is 2470. The average molecular weight is 814 g/mol. The lowest BCUT2D eigenvalue weighted by atomic mass is 9.79. The fourth-order valence-electron chi connectivity index (χ4n) is 9.58. The molecule has 0 radical (unpaired) electrons. The monoisotopic (exact) mass is 813 g/mol. The number of fused-ring (bicyclic) bond motifs is 3. The minimum atomic E-state index is -0.864. The molecule has 0 amide bonds. The van der Waals surface area contributed by atoms with Crippen molar-refractivity contribution in [1.29, 1.82) is 0 Å². The van der Waals surface area contributed by atoms with Gasteiger partial charge in [0.25, 0.3) is 0 Å². The molecular formula is C55H59NO5. The van der Waals surface area contributed by atoms with Crippen molar-refractivity contribution in [3.05, 3.63) is 137 Å². The number of rotatable bonds is 16. The first-order chi connectivity index (χ1) is 30.0. The van der Waals surface area contributed by atoms with Crippen LogP contribution in [-0.4, -0.2) is 40.5 Å². The van der Waals surface area contributed by atoms with E-state index in [1.165, 1.54) is 48.9 Å². The third-order valence-electron chi connectivity index (χ3n) is 12.9. The van der Waals surface area contributed by atoms with Crippen molar-refractivity contribution >= 4 is 22.5 Å². The van der Waals surface area contributed by atoms with Gasteiger partial charge in [-0.2, -0.15) is 0 Å². The first-order valence-electron chi connectivity index (χ1n) is 22.6. The molecule has 0 aromatic heterocycles. The molecule has 9 rings (SSSR count). The molecule has 6 heteroatoms. The standard InChI is InChI=1S/C55H59NO5/c1-5-7-9-10-32-60-45-23-19-39(20-24-45)38-15-17-40(18-16-38)48-35-51-47(49-36-52(57-3)53(58-4)37-50(48)49)27-28-55(61-51,43-21-25-46(26-22-43)59-31-8-6-2)44-33-41-13-11-29-56-30-12-14-42(34-44)54(41)56/h15-28,33-37H,5-14,29-32H2,1-4H3. The van der Waals surface area contributed by atoms with E-state index in [4.69, 9.17) is 23.7 Å². The maximum Gasteiger partial charge on any atom is 0.178 e. The number of nitrogens with zero attached hydrogens (tertiary/aromatic N) is 1. The molecule has 3 heterocycles. The van der Waals surface area contributed by atoms with Gasteiger partial charge in [-0.25, -0.2) is 0 Å². The van der Waals surface area contributed by atoms with Crippen LogP contribution < -0.4 is 28.6 Å². The minimum Gasteiger partial charge on any atom is -0.494 e. The fraction of sp³-hybridized carbons (Fsp3) is 0.345. The number of benzene rings is 6. The van der Waals surface area contributed by atoms with Gasteiger partial charge in [-0.1, -0.05) is 88.1 Å². The highest BCUT2D eigenvalue weighted by atomic mass is 16.5. The van der Waals surface area contributed by atoms with E-state index in [1.807, 2.05) is 0 Å². The smallest absolute Gasteiger partial charge is 0.178 e. The molecular weight excluding hydrogens is 755 g/mol. The summed E-state index contributed by atoms with van der Waals surface area (Å²) in [6, 6.07) is 37.2. The Kier molecular flexibility index (Phi) is 12.0. The van der Waals surface area contributed by atoms with E-state index in [-0.39, 0.29) is 0 Å². The summed E-state index contributed by atoms with van der Waals surface area (Å²) in [5.41, 5.74) is 11.2. The molecule has 0 bridgehead atoms. The van der Waals surface area contributed by atoms with E-state index in [0.717, 1.165) is 119 Å². The number of hydrogen-bond acceptors (Lipinski definition) is 6. The first kappa shape index (κ1) is 40.5. The molecule has 6 aromatic carbocycles. The van der Waals surface area contributed by atoms with Crippen molar-refractivity contribution < 1.29 is 23.7 Å². The quantitative estimate of drug-likeness (QED) is 0.0907. The van der Waals surface area contributed by atoms with Gasteiger partial charge in [0.2, 0.25) is 0 Å². The summed E-state index contributed by atoms with van der Waals surface area (Å²) >= 11 is 0. The molecule has 61 heavy (non-hydrogen) atoms.